The number of morpholine rings is 1. The maximum atomic E-state index is 13.1. The molecule has 2 aromatic rings. The number of hydrogen-bond acceptors (Lipinski definition) is 4. The number of rotatable bonds is 8. The van der Waals surface area contributed by atoms with Gasteiger partial charge in [-0.1, -0.05) is 19.1 Å². The Morgan fingerprint density at radius 3 is 2.44 bits per heavy atom. The summed E-state index contributed by atoms with van der Waals surface area (Å²) >= 11 is 0. The van der Waals surface area contributed by atoms with Gasteiger partial charge in [0.15, 0.2) is 0 Å². The molecule has 0 bridgehead atoms. The lowest BCUT2D eigenvalue weighted by atomic mass is 10.1. The first-order valence-corrected chi connectivity index (χ1v) is 9.83. The van der Waals surface area contributed by atoms with Gasteiger partial charge in [0.05, 0.1) is 13.2 Å². The standard InChI is InChI=1S/C22H29N3O2/c1-2-19-4-6-21(7-5-19)22(26)25(18-20-8-10-23-11-9-20)13-3-12-24-14-16-27-17-15-24/h4-11H,2-3,12-18H2,1H3. The van der Waals surface area contributed by atoms with Gasteiger partial charge < -0.3 is 9.64 Å². The molecule has 0 spiro atoms. The lowest BCUT2D eigenvalue weighted by molar-refractivity contribution is 0.0355. The van der Waals surface area contributed by atoms with Crippen molar-refractivity contribution in [2.75, 3.05) is 39.4 Å². The van der Waals surface area contributed by atoms with Crippen LogP contribution in [0.15, 0.2) is 48.8 Å². The van der Waals surface area contributed by atoms with Gasteiger partial charge in [0.25, 0.3) is 5.91 Å². The lowest BCUT2D eigenvalue weighted by Gasteiger charge is -2.28. The number of aromatic nitrogens is 1. The topological polar surface area (TPSA) is 45.7 Å². The molecule has 0 unspecified atom stereocenters. The van der Waals surface area contributed by atoms with Gasteiger partial charge in [-0.15, -0.1) is 0 Å². The van der Waals surface area contributed by atoms with Crippen molar-refractivity contribution in [3.8, 4) is 0 Å². The molecule has 0 atom stereocenters. The van der Waals surface area contributed by atoms with E-state index in [0.717, 1.165) is 63.4 Å². The summed E-state index contributed by atoms with van der Waals surface area (Å²) in [6.07, 6.45) is 5.50. The van der Waals surface area contributed by atoms with Crippen molar-refractivity contribution < 1.29 is 9.53 Å². The highest BCUT2D eigenvalue weighted by Crippen LogP contribution is 2.13. The first-order chi connectivity index (χ1) is 13.3. The zero-order valence-corrected chi connectivity index (χ0v) is 16.1. The van der Waals surface area contributed by atoms with Gasteiger partial charge in [-0.2, -0.15) is 0 Å². The summed E-state index contributed by atoms with van der Waals surface area (Å²) in [4.78, 5) is 21.6. The number of carbonyl (C=O) groups is 1. The summed E-state index contributed by atoms with van der Waals surface area (Å²) in [5.74, 6) is 0.0939. The summed E-state index contributed by atoms with van der Waals surface area (Å²) in [5.41, 5.74) is 3.11. The smallest absolute Gasteiger partial charge is 0.254 e. The molecule has 1 aliphatic heterocycles. The molecule has 3 rings (SSSR count). The van der Waals surface area contributed by atoms with Gasteiger partial charge in [-0.3, -0.25) is 14.7 Å². The molecule has 1 aromatic heterocycles. The highest BCUT2D eigenvalue weighted by molar-refractivity contribution is 5.94. The summed E-state index contributed by atoms with van der Waals surface area (Å²) in [5, 5.41) is 0. The van der Waals surface area contributed by atoms with Crippen molar-refractivity contribution in [2.45, 2.75) is 26.3 Å². The summed E-state index contributed by atoms with van der Waals surface area (Å²) in [7, 11) is 0. The number of amides is 1. The fraction of sp³-hybridized carbons (Fsp3) is 0.455. The second-order valence-electron chi connectivity index (χ2n) is 6.94. The maximum absolute atomic E-state index is 13.1. The van der Waals surface area contributed by atoms with Crippen LogP contribution >= 0.6 is 0 Å². The Balaban J connectivity index is 1.64. The predicted molar refractivity (Wildman–Crippen MR) is 107 cm³/mol. The molecule has 144 valence electrons. The zero-order chi connectivity index (χ0) is 18.9. The van der Waals surface area contributed by atoms with Crippen molar-refractivity contribution in [3.63, 3.8) is 0 Å². The number of carbonyl (C=O) groups excluding carboxylic acids is 1. The molecule has 1 aliphatic rings. The Kier molecular flexibility index (Phi) is 7.36. The number of benzene rings is 1. The van der Waals surface area contributed by atoms with E-state index in [9.17, 15) is 4.79 Å². The van der Waals surface area contributed by atoms with Crippen molar-refractivity contribution in [3.05, 3.63) is 65.5 Å². The van der Waals surface area contributed by atoms with Gasteiger partial charge in [0, 0.05) is 50.7 Å². The lowest BCUT2D eigenvalue weighted by Crippen LogP contribution is -2.39. The first kappa shape index (κ1) is 19.5. The molecule has 5 heteroatoms. The quantitative estimate of drug-likeness (QED) is 0.720. The van der Waals surface area contributed by atoms with E-state index in [1.165, 1.54) is 5.56 Å². The van der Waals surface area contributed by atoms with Crippen LogP contribution in [-0.4, -0.2) is 60.1 Å². The van der Waals surface area contributed by atoms with Crippen molar-refractivity contribution in [1.82, 2.24) is 14.8 Å². The predicted octanol–water partition coefficient (Wildman–Crippen LogP) is 3.01. The molecule has 1 aromatic carbocycles. The second kappa shape index (κ2) is 10.2. The molecular formula is C22H29N3O2. The Morgan fingerprint density at radius 2 is 1.78 bits per heavy atom. The third kappa shape index (κ3) is 5.88. The monoisotopic (exact) mass is 367 g/mol. The van der Waals surface area contributed by atoms with E-state index in [1.807, 2.05) is 41.3 Å². The van der Waals surface area contributed by atoms with Crippen LogP contribution in [0.4, 0.5) is 0 Å². The van der Waals surface area contributed by atoms with Crippen molar-refractivity contribution in [2.24, 2.45) is 0 Å². The number of hydrogen-bond donors (Lipinski definition) is 0. The fourth-order valence-corrected chi connectivity index (χ4v) is 3.34. The molecule has 0 saturated carbocycles. The van der Waals surface area contributed by atoms with E-state index in [0.29, 0.717) is 6.54 Å². The van der Waals surface area contributed by atoms with E-state index in [1.54, 1.807) is 12.4 Å². The molecule has 0 radical (unpaired) electrons. The number of nitrogens with zero attached hydrogens (tertiary/aromatic N) is 3. The fourth-order valence-electron chi connectivity index (χ4n) is 3.34. The first-order valence-electron chi connectivity index (χ1n) is 9.83. The number of pyridine rings is 1. The molecule has 0 aliphatic carbocycles. The maximum Gasteiger partial charge on any atom is 0.254 e. The van der Waals surface area contributed by atoms with E-state index < -0.39 is 0 Å². The number of aryl methyl sites for hydroxylation is 1. The minimum atomic E-state index is 0.0939. The van der Waals surface area contributed by atoms with Gasteiger partial charge in [-0.25, -0.2) is 0 Å². The molecule has 1 fully saturated rings. The highest BCUT2D eigenvalue weighted by Gasteiger charge is 2.17. The highest BCUT2D eigenvalue weighted by atomic mass is 16.5. The zero-order valence-electron chi connectivity index (χ0n) is 16.1. The van der Waals surface area contributed by atoms with Crippen LogP contribution in [0.5, 0.6) is 0 Å². The average molecular weight is 367 g/mol. The minimum Gasteiger partial charge on any atom is -0.379 e. The van der Waals surface area contributed by atoms with Crippen LogP contribution in [0.1, 0.15) is 34.8 Å². The third-order valence-corrected chi connectivity index (χ3v) is 5.03. The second-order valence-corrected chi connectivity index (χ2v) is 6.94. The van der Waals surface area contributed by atoms with Crippen LogP contribution in [-0.2, 0) is 17.7 Å². The van der Waals surface area contributed by atoms with Crippen molar-refractivity contribution >= 4 is 5.91 Å². The average Bonchev–Trinajstić information content (AvgIpc) is 2.74. The normalized spacial score (nSPS) is 14.9. The minimum absolute atomic E-state index is 0.0939. The largest absolute Gasteiger partial charge is 0.379 e. The molecule has 1 saturated heterocycles. The van der Waals surface area contributed by atoms with Crippen LogP contribution in [0.3, 0.4) is 0 Å². The van der Waals surface area contributed by atoms with Gasteiger partial charge in [0.1, 0.15) is 0 Å². The van der Waals surface area contributed by atoms with Crippen LogP contribution in [0.25, 0.3) is 0 Å². The summed E-state index contributed by atoms with van der Waals surface area (Å²) in [6, 6.07) is 11.9. The Bertz CT molecular complexity index is 697. The van der Waals surface area contributed by atoms with Crippen LogP contribution in [0.2, 0.25) is 0 Å². The number of ether oxygens (including phenoxy) is 1. The van der Waals surface area contributed by atoms with Crippen LogP contribution < -0.4 is 0 Å². The Morgan fingerprint density at radius 1 is 1.07 bits per heavy atom. The molecule has 2 heterocycles. The van der Waals surface area contributed by atoms with E-state index >= 15 is 0 Å². The van der Waals surface area contributed by atoms with Gasteiger partial charge >= 0.3 is 0 Å². The van der Waals surface area contributed by atoms with E-state index in [-0.39, 0.29) is 5.91 Å². The van der Waals surface area contributed by atoms with E-state index in [2.05, 4.69) is 16.8 Å². The van der Waals surface area contributed by atoms with Gasteiger partial charge in [-0.05, 0) is 48.2 Å². The van der Waals surface area contributed by atoms with Crippen LogP contribution in [0, 0.1) is 0 Å². The Hall–Kier alpha value is -2.24. The summed E-state index contributed by atoms with van der Waals surface area (Å²) < 4.78 is 5.41. The molecule has 0 N–H and O–H groups in total. The molecule has 5 nitrogen and oxygen atoms in total. The van der Waals surface area contributed by atoms with E-state index in [4.69, 9.17) is 4.74 Å². The van der Waals surface area contributed by atoms with Crippen molar-refractivity contribution in [1.29, 1.82) is 0 Å². The molecule has 27 heavy (non-hydrogen) atoms. The summed E-state index contributed by atoms with van der Waals surface area (Å²) in [6.45, 7) is 8.06. The molecule has 1 amide bonds. The third-order valence-electron chi connectivity index (χ3n) is 5.03. The SMILES string of the molecule is CCc1ccc(C(=O)N(CCCN2CCOCC2)Cc2ccncc2)cc1. The molecular weight excluding hydrogens is 338 g/mol. The Labute approximate surface area is 162 Å². The van der Waals surface area contributed by atoms with Gasteiger partial charge in [0.2, 0.25) is 0 Å².